The van der Waals surface area contributed by atoms with Crippen molar-refractivity contribution in [1.82, 2.24) is 0 Å². The van der Waals surface area contributed by atoms with Crippen LogP contribution in [0.3, 0.4) is 0 Å². The highest BCUT2D eigenvalue weighted by atomic mass is 35.5. The van der Waals surface area contributed by atoms with Crippen LogP contribution in [0.4, 0.5) is 0 Å². The average molecular weight is 273 g/mol. The molecule has 0 aromatic heterocycles. The lowest BCUT2D eigenvalue weighted by Crippen LogP contribution is -2.21. The number of halogens is 2. The van der Waals surface area contributed by atoms with Crippen molar-refractivity contribution in [3.8, 4) is 18.1 Å². The van der Waals surface area contributed by atoms with E-state index in [1.165, 1.54) is 0 Å². The van der Waals surface area contributed by atoms with E-state index in [0.29, 0.717) is 22.4 Å². The minimum absolute atomic E-state index is 0.0570. The van der Waals surface area contributed by atoms with E-state index < -0.39 is 0 Å². The first-order valence-corrected chi connectivity index (χ1v) is 6.06. The molecule has 4 heteroatoms. The lowest BCUT2D eigenvalue weighted by molar-refractivity contribution is 0.0371. The van der Waals surface area contributed by atoms with Crippen LogP contribution in [0, 0.1) is 12.3 Å². The van der Waals surface area contributed by atoms with Gasteiger partial charge >= 0.3 is 0 Å². The number of terminal acetylenes is 1. The minimum atomic E-state index is -0.0570. The van der Waals surface area contributed by atoms with Gasteiger partial charge in [-0.15, -0.1) is 6.42 Å². The lowest BCUT2D eigenvalue weighted by Gasteiger charge is -2.16. The highest BCUT2D eigenvalue weighted by molar-refractivity contribution is 6.37. The van der Waals surface area contributed by atoms with Gasteiger partial charge in [-0.3, -0.25) is 0 Å². The van der Waals surface area contributed by atoms with Crippen LogP contribution in [-0.2, 0) is 4.74 Å². The largest absolute Gasteiger partial charge is 0.488 e. The molecule has 0 aliphatic rings. The van der Waals surface area contributed by atoms with Crippen molar-refractivity contribution in [2.75, 3.05) is 13.2 Å². The molecule has 0 radical (unpaired) electrons. The molecular formula is C13H14Cl2O2. The van der Waals surface area contributed by atoms with Crippen LogP contribution in [0.25, 0.3) is 0 Å². The molecule has 0 fully saturated rings. The van der Waals surface area contributed by atoms with Gasteiger partial charge in [0.15, 0.2) is 5.75 Å². The van der Waals surface area contributed by atoms with Gasteiger partial charge in [0.1, 0.15) is 13.2 Å². The molecule has 0 saturated heterocycles. The van der Waals surface area contributed by atoms with E-state index in [4.69, 9.17) is 39.1 Å². The van der Waals surface area contributed by atoms with Gasteiger partial charge < -0.3 is 9.47 Å². The maximum absolute atomic E-state index is 5.98. The molecule has 1 aromatic carbocycles. The third-order valence-corrected chi connectivity index (χ3v) is 2.79. The zero-order valence-corrected chi connectivity index (χ0v) is 11.1. The quantitative estimate of drug-likeness (QED) is 0.734. The molecule has 1 rings (SSSR count). The van der Waals surface area contributed by atoms with Crippen LogP contribution >= 0.6 is 23.2 Å². The van der Waals surface area contributed by atoms with Gasteiger partial charge in [0.25, 0.3) is 0 Å². The molecule has 0 N–H and O–H groups in total. The summed E-state index contributed by atoms with van der Waals surface area (Å²) in [6.45, 7) is 2.65. The number of benzene rings is 1. The van der Waals surface area contributed by atoms with Gasteiger partial charge in [-0.1, -0.05) is 42.1 Å². The Morgan fingerprint density at radius 2 is 2.00 bits per heavy atom. The van der Waals surface area contributed by atoms with Crippen LogP contribution in [0.1, 0.15) is 13.3 Å². The third kappa shape index (κ3) is 4.47. The second-order valence-electron chi connectivity index (χ2n) is 3.41. The molecule has 0 spiro atoms. The predicted molar refractivity (Wildman–Crippen MR) is 70.8 cm³/mol. The Morgan fingerprint density at radius 1 is 1.35 bits per heavy atom. The molecule has 92 valence electrons. The number of hydrogen-bond donors (Lipinski definition) is 0. The Bertz CT molecular complexity index is 379. The Hall–Kier alpha value is -0.880. The summed E-state index contributed by atoms with van der Waals surface area (Å²) in [5.74, 6) is 2.91. The van der Waals surface area contributed by atoms with Crippen molar-refractivity contribution in [3.05, 3.63) is 28.2 Å². The van der Waals surface area contributed by atoms with Gasteiger partial charge in [0.05, 0.1) is 16.1 Å². The molecule has 17 heavy (non-hydrogen) atoms. The van der Waals surface area contributed by atoms with Crippen LogP contribution in [0.5, 0.6) is 5.75 Å². The number of para-hydroxylation sites is 1. The van der Waals surface area contributed by atoms with Crippen molar-refractivity contribution in [2.24, 2.45) is 0 Å². The molecule has 0 amide bonds. The highest BCUT2D eigenvalue weighted by Crippen LogP contribution is 2.32. The maximum atomic E-state index is 5.98. The highest BCUT2D eigenvalue weighted by Gasteiger charge is 2.11. The van der Waals surface area contributed by atoms with E-state index in [9.17, 15) is 0 Å². The zero-order valence-electron chi connectivity index (χ0n) is 9.58. The summed E-state index contributed by atoms with van der Waals surface area (Å²) in [4.78, 5) is 0. The fourth-order valence-corrected chi connectivity index (χ4v) is 1.75. The van der Waals surface area contributed by atoms with Gasteiger partial charge in [-0.2, -0.15) is 0 Å². The summed E-state index contributed by atoms with van der Waals surface area (Å²) in [6.07, 6.45) is 5.88. The topological polar surface area (TPSA) is 18.5 Å². The first-order chi connectivity index (χ1) is 8.19. The Labute approximate surface area is 112 Å². The molecule has 0 bridgehead atoms. The standard InChI is InChI=1S/C13H14Cl2O2/c1-3-8-16-10(4-2)9-17-13-11(14)6-5-7-12(13)15/h1,5-7,10H,4,8-9H2,2H3. The third-order valence-electron chi connectivity index (χ3n) is 2.19. The van der Waals surface area contributed by atoms with Crippen LogP contribution in [0.15, 0.2) is 18.2 Å². The minimum Gasteiger partial charge on any atom is -0.488 e. The molecule has 1 aromatic rings. The van der Waals surface area contributed by atoms with Gasteiger partial charge in [0.2, 0.25) is 0 Å². The summed E-state index contributed by atoms with van der Waals surface area (Å²) >= 11 is 12.0. The Morgan fingerprint density at radius 3 is 2.53 bits per heavy atom. The van der Waals surface area contributed by atoms with E-state index in [1.807, 2.05) is 6.92 Å². The van der Waals surface area contributed by atoms with Crippen molar-refractivity contribution in [3.63, 3.8) is 0 Å². The van der Waals surface area contributed by atoms with E-state index in [1.54, 1.807) is 18.2 Å². The van der Waals surface area contributed by atoms with Crippen molar-refractivity contribution >= 4 is 23.2 Å². The lowest BCUT2D eigenvalue weighted by atomic mass is 10.3. The molecule has 0 heterocycles. The molecule has 0 aliphatic heterocycles. The number of ether oxygens (including phenoxy) is 2. The SMILES string of the molecule is C#CCOC(CC)COc1c(Cl)cccc1Cl. The van der Waals surface area contributed by atoms with Crippen LogP contribution < -0.4 is 4.74 Å². The molecule has 0 saturated carbocycles. The molecule has 2 nitrogen and oxygen atoms in total. The van der Waals surface area contributed by atoms with E-state index >= 15 is 0 Å². The van der Waals surface area contributed by atoms with Crippen LogP contribution in [-0.4, -0.2) is 19.3 Å². The number of rotatable bonds is 6. The van der Waals surface area contributed by atoms with Crippen molar-refractivity contribution < 1.29 is 9.47 Å². The summed E-state index contributed by atoms with van der Waals surface area (Å²) < 4.78 is 11.0. The van der Waals surface area contributed by atoms with Gasteiger partial charge in [-0.25, -0.2) is 0 Å². The van der Waals surface area contributed by atoms with E-state index in [2.05, 4.69) is 5.92 Å². The monoisotopic (exact) mass is 272 g/mol. The first kappa shape index (κ1) is 14.2. The summed E-state index contributed by atoms with van der Waals surface area (Å²) in [5, 5.41) is 0.980. The zero-order chi connectivity index (χ0) is 12.7. The summed E-state index contributed by atoms with van der Waals surface area (Å²) in [7, 11) is 0. The number of hydrogen-bond acceptors (Lipinski definition) is 2. The van der Waals surface area contributed by atoms with Crippen LogP contribution in [0.2, 0.25) is 10.0 Å². The summed E-state index contributed by atoms with van der Waals surface area (Å²) in [6, 6.07) is 5.22. The Kier molecular flexibility index (Phi) is 6.21. The average Bonchev–Trinajstić information content (AvgIpc) is 2.32. The smallest absolute Gasteiger partial charge is 0.156 e. The van der Waals surface area contributed by atoms with Gasteiger partial charge in [-0.05, 0) is 18.6 Å². The fraction of sp³-hybridized carbons (Fsp3) is 0.385. The first-order valence-electron chi connectivity index (χ1n) is 5.30. The predicted octanol–water partition coefficient (Wildman–Crippen LogP) is 3.80. The fourth-order valence-electron chi connectivity index (χ4n) is 1.25. The van der Waals surface area contributed by atoms with E-state index in [0.717, 1.165) is 6.42 Å². The Balaban J connectivity index is 2.57. The molecular weight excluding hydrogens is 259 g/mol. The van der Waals surface area contributed by atoms with Crippen molar-refractivity contribution in [1.29, 1.82) is 0 Å². The second kappa shape index (κ2) is 7.45. The normalized spacial score (nSPS) is 11.9. The molecule has 1 unspecified atom stereocenters. The maximum Gasteiger partial charge on any atom is 0.156 e. The molecule has 0 aliphatic carbocycles. The van der Waals surface area contributed by atoms with E-state index in [-0.39, 0.29) is 12.7 Å². The molecule has 1 atom stereocenters. The second-order valence-corrected chi connectivity index (χ2v) is 4.22. The summed E-state index contributed by atoms with van der Waals surface area (Å²) in [5.41, 5.74) is 0. The van der Waals surface area contributed by atoms with Gasteiger partial charge in [0, 0.05) is 0 Å². The van der Waals surface area contributed by atoms with Crippen molar-refractivity contribution in [2.45, 2.75) is 19.4 Å².